The number of rotatable bonds is 8. The molecule has 8 nitrogen and oxygen atoms in total. The molecular weight excluding hydrogens is 427 g/mol. The third-order valence-electron chi connectivity index (χ3n) is 3.29. The van der Waals surface area contributed by atoms with Gasteiger partial charge in [0.2, 0.25) is 0 Å². The van der Waals surface area contributed by atoms with Crippen molar-refractivity contribution in [2.24, 2.45) is 0 Å². The van der Waals surface area contributed by atoms with Gasteiger partial charge in [-0.2, -0.15) is 0 Å². The van der Waals surface area contributed by atoms with Gasteiger partial charge in [-0.05, 0) is 0 Å². The van der Waals surface area contributed by atoms with Crippen LogP contribution in [0.3, 0.4) is 0 Å². The standard InChI is InChI=1S/2C10H8O4.Ni/c2*11-8(6-9(12)10(13)14)7-4-2-1-3-5-7;/h2*1-5H,6H2,(H,13,14);/q;;+2/p-2. The Labute approximate surface area is 175 Å². The molecule has 0 aliphatic rings. The molecule has 0 radical (unpaired) electrons. The first-order valence-corrected chi connectivity index (χ1v) is 7.87. The number of benzene rings is 2. The van der Waals surface area contributed by atoms with E-state index in [1.165, 1.54) is 24.3 Å². The van der Waals surface area contributed by atoms with Gasteiger partial charge in [-0.3, -0.25) is 19.2 Å². The summed E-state index contributed by atoms with van der Waals surface area (Å²) in [7, 11) is 0. The van der Waals surface area contributed by atoms with Crippen molar-refractivity contribution >= 4 is 35.1 Å². The monoisotopic (exact) mass is 440 g/mol. The predicted octanol–water partition coefficient (Wildman–Crippen LogP) is -0.846. The maximum absolute atomic E-state index is 11.2. The smallest absolute Gasteiger partial charge is 0.542 e. The minimum atomic E-state index is -1.82. The number of carbonyl (C=O) groups excluding carboxylic acids is 6. The third kappa shape index (κ3) is 9.35. The molecule has 0 aliphatic heterocycles. The van der Waals surface area contributed by atoms with E-state index in [1.54, 1.807) is 36.4 Å². The Balaban J connectivity index is 0.000000523. The Morgan fingerprint density at radius 3 is 1.07 bits per heavy atom. The number of hydrogen-bond acceptors (Lipinski definition) is 8. The van der Waals surface area contributed by atoms with Gasteiger partial charge in [0.05, 0.1) is 12.8 Å². The summed E-state index contributed by atoms with van der Waals surface area (Å²) in [6, 6.07) is 16.1. The molecule has 0 fully saturated rings. The number of carboxylic acid groups (broad SMARTS) is 2. The zero-order valence-electron chi connectivity index (χ0n) is 14.8. The van der Waals surface area contributed by atoms with E-state index in [-0.39, 0.29) is 16.5 Å². The maximum atomic E-state index is 11.2. The molecule has 0 heterocycles. The normalized spacial score (nSPS) is 9.10. The molecule has 0 amide bonds. The van der Waals surface area contributed by atoms with Gasteiger partial charge in [-0.25, -0.2) is 0 Å². The summed E-state index contributed by atoms with van der Waals surface area (Å²) in [5.41, 5.74) is 0.643. The average Bonchev–Trinajstić information content (AvgIpc) is 2.69. The minimum absolute atomic E-state index is 0. The molecule has 0 spiro atoms. The van der Waals surface area contributed by atoms with Crippen LogP contribution in [0.15, 0.2) is 60.7 Å². The number of Topliss-reactive ketones (excluding diaryl/α,β-unsaturated/α-hetero) is 4. The fourth-order valence-electron chi connectivity index (χ4n) is 1.89. The van der Waals surface area contributed by atoms with E-state index in [1.807, 2.05) is 0 Å². The van der Waals surface area contributed by atoms with Gasteiger partial charge in [0.25, 0.3) is 0 Å². The zero-order chi connectivity index (χ0) is 21.1. The first kappa shape index (κ1) is 25.6. The van der Waals surface area contributed by atoms with Crippen molar-refractivity contribution in [2.75, 3.05) is 0 Å². The number of carbonyl (C=O) groups is 6. The SMILES string of the molecule is O=C([O-])C(=O)CC(=O)c1ccccc1.O=C([O-])C(=O)CC(=O)c1ccccc1.[Ni+2]. The van der Waals surface area contributed by atoms with E-state index in [9.17, 15) is 39.0 Å². The second-order valence-electron chi connectivity index (χ2n) is 5.35. The van der Waals surface area contributed by atoms with Crippen LogP contribution in [-0.2, 0) is 35.7 Å². The first-order chi connectivity index (χ1) is 13.2. The quantitative estimate of drug-likeness (QED) is 0.223. The molecule has 0 aliphatic carbocycles. The van der Waals surface area contributed by atoms with Crippen LogP contribution in [0, 0.1) is 0 Å². The molecule has 9 heteroatoms. The minimum Gasteiger partial charge on any atom is -0.542 e. The van der Waals surface area contributed by atoms with Crippen LogP contribution < -0.4 is 10.2 Å². The molecule has 2 aromatic carbocycles. The number of carboxylic acids is 2. The molecule has 0 N–H and O–H groups in total. The fourth-order valence-corrected chi connectivity index (χ4v) is 1.89. The topological polar surface area (TPSA) is 149 Å². The van der Waals surface area contributed by atoms with Gasteiger partial charge < -0.3 is 19.8 Å². The second-order valence-corrected chi connectivity index (χ2v) is 5.35. The molecule has 0 bridgehead atoms. The molecule has 152 valence electrons. The van der Waals surface area contributed by atoms with Gasteiger partial charge in [0.1, 0.15) is 11.9 Å². The van der Waals surface area contributed by atoms with Crippen LogP contribution in [0.1, 0.15) is 33.6 Å². The summed E-state index contributed by atoms with van der Waals surface area (Å²) < 4.78 is 0. The molecule has 0 saturated carbocycles. The number of hydrogen-bond donors (Lipinski definition) is 0. The van der Waals surface area contributed by atoms with E-state index in [4.69, 9.17) is 0 Å². The van der Waals surface area contributed by atoms with E-state index < -0.39 is 47.9 Å². The Bertz CT molecular complexity index is 816. The van der Waals surface area contributed by atoms with Gasteiger partial charge >= 0.3 is 16.5 Å². The van der Waals surface area contributed by atoms with E-state index >= 15 is 0 Å². The Hall–Kier alpha value is -3.45. The summed E-state index contributed by atoms with van der Waals surface area (Å²) in [5, 5.41) is 20.1. The summed E-state index contributed by atoms with van der Waals surface area (Å²) >= 11 is 0. The van der Waals surface area contributed by atoms with Gasteiger partial charge in [-0.15, -0.1) is 0 Å². The predicted molar refractivity (Wildman–Crippen MR) is 90.8 cm³/mol. The molecular formula is C20H14NiO8. The molecule has 0 saturated heterocycles. The van der Waals surface area contributed by atoms with Crippen LogP contribution >= 0.6 is 0 Å². The molecule has 0 unspecified atom stereocenters. The van der Waals surface area contributed by atoms with Crippen LogP contribution in [0.5, 0.6) is 0 Å². The van der Waals surface area contributed by atoms with E-state index in [0.717, 1.165) is 0 Å². The molecule has 2 aromatic rings. The van der Waals surface area contributed by atoms with Crippen molar-refractivity contribution < 1.29 is 55.5 Å². The van der Waals surface area contributed by atoms with Gasteiger partial charge in [0, 0.05) is 11.1 Å². The van der Waals surface area contributed by atoms with Crippen molar-refractivity contribution in [3.05, 3.63) is 71.8 Å². The van der Waals surface area contributed by atoms with Crippen LogP contribution in [0.4, 0.5) is 0 Å². The molecule has 29 heavy (non-hydrogen) atoms. The van der Waals surface area contributed by atoms with E-state index in [0.29, 0.717) is 11.1 Å². The van der Waals surface area contributed by atoms with Crippen LogP contribution in [0.25, 0.3) is 0 Å². The van der Waals surface area contributed by atoms with Crippen LogP contribution in [0.2, 0.25) is 0 Å². The Kier molecular flexibility index (Phi) is 11.3. The van der Waals surface area contributed by atoms with Crippen molar-refractivity contribution in [3.8, 4) is 0 Å². The largest absolute Gasteiger partial charge is 2.00 e. The third-order valence-corrected chi connectivity index (χ3v) is 3.29. The van der Waals surface area contributed by atoms with Crippen molar-refractivity contribution in [3.63, 3.8) is 0 Å². The van der Waals surface area contributed by atoms with Crippen molar-refractivity contribution in [1.82, 2.24) is 0 Å². The van der Waals surface area contributed by atoms with Crippen molar-refractivity contribution in [1.29, 1.82) is 0 Å². The van der Waals surface area contributed by atoms with E-state index in [2.05, 4.69) is 0 Å². The summed E-state index contributed by atoms with van der Waals surface area (Å²) in [6.07, 6.45) is -1.29. The summed E-state index contributed by atoms with van der Waals surface area (Å²) in [5.74, 6) is -7.07. The first-order valence-electron chi connectivity index (χ1n) is 7.87. The Morgan fingerprint density at radius 2 is 0.828 bits per heavy atom. The molecule has 0 aromatic heterocycles. The van der Waals surface area contributed by atoms with Crippen molar-refractivity contribution in [2.45, 2.75) is 12.8 Å². The molecule has 2 rings (SSSR count). The van der Waals surface area contributed by atoms with Gasteiger partial charge in [0.15, 0.2) is 23.1 Å². The molecule has 0 atom stereocenters. The number of ketones is 4. The summed E-state index contributed by atoms with van der Waals surface area (Å²) in [4.78, 5) is 63.9. The zero-order valence-corrected chi connectivity index (χ0v) is 15.8. The second kappa shape index (κ2) is 12.9. The summed E-state index contributed by atoms with van der Waals surface area (Å²) in [6.45, 7) is 0. The number of aliphatic carboxylic acids is 2. The maximum Gasteiger partial charge on any atom is 2.00 e. The van der Waals surface area contributed by atoms with Crippen LogP contribution in [-0.4, -0.2) is 35.1 Å². The average molecular weight is 441 g/mol. The van der Waals surface area contributed by atoms with Gasteiger partial charge in [-0.1, -0.05) is 60.7 Å². The Morgan fingerprint density at radius 1 is 0.552 bits per heavy atom. The fraction of sp³-hybridized carbons (Fsp3) is 0.100.